The third-order valence-corrected chi connectivity index (χ3v) is 6.08. The minimum absolute atomic E-state index is 0.489. The maximum Gasteiger partial charge on any atom is 0.00765 e. The SMILES string of the molecule is Cc1ccc2c(c1)C(C)c1c-2ccc2c1C(C)c1cc(C)ccc1-2. The van der Waals surface area contributed by atoms with Crippen LogP contribution in [0.25, 0.3) is 22.3 Å². The second kappa shape index (κ2) is 4.60. The first-order valence-electron chi connectivity index (χ1n) is 8.95. The molecular formula is C24H22. The van der Waals surface area contributed by atoms with Gasteiger partial charge in [0.2, 0.25) is 0 Å². The topological polar surface area (TPSA) is 0 Å². The molecule has 0 fully saturated rings. The summed E-state index contributed by atoms with van der Waals surface area (Å²) in [6.07, 6.45) is 0. The molecule has 2 aliphatic rings. The molecule has 118 valence electrons. The first-order chi connectivity index (χ1) is 11.6. The fourth-order valence-corrected chi connectivity index (χ4v) is 4.92. The third-order valence-electron chi connectivity index (χ3n) is 6.08. The molecule has 0 saturated heterocycles. The van der Waals surface area contributed by atoms with Crippen molar-refractivity contribution >= 4 is 0 Å². The molecule has 2 aliphatic carbocycles. The number of hydrogen-bond acceptors (Lipinski definition) is 0. The van der Waals surface area contributed by atoms with Gasteiger partial charge in [-0.25, -0.2) is 0 Å². The Labute approximate surface area is 144 Å². The summed E-state index contributed by atoms with van der Waals surface area (Å²) in [6.45, 7) is 9.15. The largest absolute Gasteiger partial charge is 0.0587 e. The van der Waals surface area contributed by atoms with Gasteiger partial charge in [0.1, 0.15) is 0 Å². The summed E-state index contributed by atoms with van der Waals surface area (Å²) >= 11 is 0. The number of hydrogen-bond donors (Lipinski definition) is 0. The molecule has 3 aromatic carbocycles. The van der Waals surface area contributed by atoms with Gasteiger partial charge in [0.25, 0.3) is 0 Å². The van der Waals surface area contributed by atoms with E-state index >= 15 is 0 Å². The molecule has 0 heteroatoms. The minimum atomic E-state index is 0.489. The van der Waals surface area contributed by atoms with Crippen LogP contribution in [0.1, 0.15) is 59.1 Å². The smallest absolute Gasteiger partial charge is 0.00765 e. The summed E-state index contributed by atoms with van der Waals surface area (Å²) in [4.78, 5) is 0. The Kier molecular flexibility index (Phi) is 2.69. The lowest BCUT2D eigenvalue weighted by atomic mass is 9.87. The van der Waals surface area contributed by atoms with Crippen molar-refractivity contribution in [2.24, 2.45) is 0 Å². The van der Waals surface area contributed by atoms with Crippen molar-refractivity contribution in [1.82, 2.24) is 0 Å². The van der Waals surface area contributed by atoms with Crippen molar-refractivity contribution in [3.63, 3.8) is 0 Å². The molecule has 0 aromatic heterocycles. The fourth-order valence-electron chi connectivity index (χ4n) is 4.92. The predicted octanol–water partition coefficient (Wildman–Crippen LogP) is 6.57. The highest BCUT2D eigenvalue weighted by Gasteiger charge is 2.35. The Morgan fingerprint density at radius 3 is 1.33 bits per heavy atom. The van der Waals surface area contributed by atoms with Crippen LogP contribution in [-0.2, 0) is 0 Å². The van der Waals surface area contributed by atoms with Gasteiger partial charge in [-0.15, -0.1) is 0 Å². The van der Waals surface area contributed by atoms with E-state index in [2.05, 4.69) is 76.2 Å². The molecule has 0 radical (unpaired) electrons. The zero-order valence-electron chi connectivity index (χ0n) is 14.8. The van der Waals surface area contributed by atoms with Crippen LogP contribution in [0.5, 0.6) is 0 Å². The zero-order valence-corrected chi connectivity index (χ0v) is 14.8. The average molecular weight is 310 g/mol. The van der Waals surface area contributed by atoms with E-state index in [1.165, 1.54) is 44.5 Å². The van der Waals surface area contributed by atoms with Gasteiger partial charge in [-0.05, 0) is 58.4 Å². The Morgan fingerprint density at radius 1 is 0.542 bits per heavy atom. The Hall–Kier alpha value is -2.34. The van der Waals surface area contributed by atoms with Crippen LogP contribution in [0.2, 0.25) is 0 Å². The lowest BCUT2D eigenvalue weighted by Gasteiger charge is -2.16. The molecule has 5 rings (SSSR count). The zero-order chi connectivity index (χ0) is 16.6. The van der Waals surface area contributed by atoms with Crippen molar-refractivity contribution in [3.05, 3.63) is 81.9 Å². The van der Waals surface area contributed by atoms with Crippen LogP contribution >= 0.6 is 0 Å². The van der Waals surface area contributed by atoms with E-state index in [4.69, 9.17) is 0 Å². The van der Waals surface area contributed by atoms with E-state index in [0.29, 0.717) is 11.8 Å². The highest BCUT2D eigenvalue weighted by Crippen LogP contribution is 2.55. The van der Waals surface area contributed by atoms with Crippen LogP contribution in [0.4, 0.5) is 0 Å². The maximum atomic E-state index is 2.38. The van der Waals surface area contributed by atoms with E-state index in [-0.39, 0.29) is 0 Å². The van der Waals surface area contributed by atoms with E-state index in [9.17, 15) is 0 Å². The molecule has 0 saturated carbocycles. The summed E-state index contributed by atoms with van der Waals surface area (Å²) in [6, 6.07) is 18.6. The normalized spacial score (nSPS) is 19.7. The summed E-state index contributed by atoms with van der Waals surface area (Å²) in [5.41, 5.74) is 14.6. The lowest BCUT2D eigenvalue weighted by Crippen LogP contribution is -1.99. The number of aryl methyl sites for hydroxylation is 2. The number of rotatable bonds is 0. The van der Waals surface area contributed by atoms with Crippen LogP contribution in [0.15, 0.2) is 48.5 Å². The monoisotopic (exact) mass is 310 g/mol. The van der Waals surface area contributed by atoms with Crippen LogP contribution in [0, 0.1) is 13.8 Å². The van der Waals surface area contributed by atoms with Crippen LogP contribution in [-0.4, -0.2) is 0 Å². The maximum absolute atomic E-state index is 2.38. The lowest BCUT2D eigenvalue weighted by molar-refractivity contribution is 0.880. The van der Waals surface area contributed by atoms with Crippen molar-refractivity contribution < 1.29 is 0 Å². The standard InChI is InChI=1S/C24H22/c1-13-5-7-17-19-9-10-20-18-8-6-14(2)12-22(18)16(4)24(20)23(19)15(3)21(17)11-13/h5-12,15-16H,1-4H3. The van der Waals surface area contributed by atoms with E-state index in [1.54, 1.807) is 11.1 Å². The van der Waals surface area contributed by atoms with E-state index < -0.39 is 0 Å². The molecule has 2 unspecified atom stereocenters. The molecule has 0 heterocycles. The Morgan fingerprint density at radius 2 is 0.917 bits per heavy atom. The van der Waals surface area contributed by atoms with Gasteiger partial charge in [-0.2, -0.15) is 0 Å². The van der Waals surface area contributed by atoms with Gasteiger partial charge in [-0.3, -0.25) is 0 Å². The Balaban J connectivity index is 1.80. The van der Waals surface area contributed by atoms with Crippen molar-refractivity contribution in [2.45, 2.75) is 39.5 Å². The van der Waals surface area contributed by atoms with Crippen molar-refractivity contribution in [3.8, 4) is 22.3 Å². The van der Waals surface area contributed by atoms with Gasteiger partial charge in [-0.1, -0.05) is 73.5 Å². The van der Waals surface area contributed by atoms with Gasteiger partial charge in [0.15, 0.2) is 0 Å². The molecule has 0 amide bonds. The summed E-state index contributed by atoms with van der Waals surface area (Å²) < 4.78 is 0. The second-order valence-corrected chi connectivity index (χ2v) is 7.61. The molecule has 24 heavy (non-hydrogen) atoms. The first-order valence-corrected chi connectivity index (χ1v) is 8.95. The van der Waals surface area contributed by atoms with E-state index in [1.807, 2.05) is 0 Å². The predicted molar refractivity (Wildman–Crippen MR) is 102 cm³/mol. The van der Waals surface area contributed by atoms with Crippen LogP contribution in [0.3, 0.4) is 0 Å². The highest BCUT2D eigenvalue weighted by molar-refractivity contribution is 5.89. The molecular weight excluding hydrogens is 288 g/mol. The summed E-state index contributed by atoms with van der Waals surface area (Å²) in [5.74, 6) is 0.977. The highest BCUT2D eigenvalue weighted by atomic mass is 14.4. The number of benzene rings is 3. The number of fused-ring (bicyclic) bond motifs is 7. The molecule has 0 N–H and O–H groups in total. The average Bonchev–Trinajstić information content (AvgIpc) is 3.01. The van der Waals surface area contributed by atoms with Crippen molar-refractivity contribution in [2.75, 3.05) is 0 Å². The summed E-state index contributed by atoms with van der Waals surface area (Å²) in [7, 11) is 0. The third kappa shape index (κ3) is 1.64. The molecule has 3 aromatic rings. The molecule has 0 bridgehead atoms. The van der Waals surface area contributed by atoms with Crippen LogP contribution < -0.4 is 0 Å². The van der Waals surface area contributed by atoms with Gasteiger partial charge >= 0.3 is 0 Å². The molecule has 0 aliphatic heterocycles. The van der Waals surface area contributed by atoms with E-state index in [0.717, 1.165) is 0 Å². The van der Waals surface area contributed by atoms with Gasteiger partial charge in [0, 0.05) is 11.8 Å². The van der Waals surface area contributed by atoms with Gasteiger partial charge < -0.3 is 0 Å². The second-order valence-electron chi connectivity index (χ2n) is 7.61. The van der Waals surface area contributed by atoms with Gasteiger partial charge in [0.05, 0.1) is 0 Å². The summed E-state index contributed by atoms with van der Waals surface area (Å²) in [5, 5.41) is 0. The first kappa shape index (κ1) is 14.0. The quantitative estimate of drug-likeness (QED) is 0.440. The fraction of sp³-hybridized carbons (Fsp3) is 0.250. The molecule has 0 spiro atoms. The minimum Gasteiger partial charge on any atom is -0.0587 e. The van der Waals surface area contributed by atoms with Crippen molar-refractivity contribution in [1.29, 1.82) is 0 Å². The Bertz CT molecular complexity index is 924. The molecule has 0 nitrogen and oxygen atoms in total. The molecule has 2 atom stereocenters.